The van der Waals surface area contributed by atoms with Gasteiger partial charge in [0.1, 0.15) is 0 Å². The molecule has 0 aromatic carbocycles. The molecular weight excluding hydrogens is 210 g/mol. The summed E-state index contributed by atoms with van der Waals surface area (Å²) in [6.45, 7) is 15.3. The molecule has 0 fully saturated rings. The topological polar surface area (TPSA) is 21.3 Å². The Kier molecular flexibility index (Phi) is 8.89. The molecule has 2 unspecified atom stereocenters. The van der Waals surface area contributed by atoms with Crippen LogP contribution in [-0.4, -0.2) is 24.8 Å². The van der Waals surface area contributed by atoms with Crippen molar-refractivity contribution in [3.8, 4) is 0 Å². The largest absolute Gasteiger partial charge is 0.378 e. The van der Waals surface area contributed by atoms with Gasteiger partial charge in [-0.1, -0.05) is 20.3 Å². The average Bonchev–Trinajstić information content (AvgIpc) is 2.21. The van der Waals surface area contributed by atoms with Crippen LogP contribution in [0.5, 0.6) is 0 Å². The van der Waals surface area contributed by atoms with Crippen LogP contribution in [-0.2, 0) is 4.74 Å². The fourth-order valence-corrected chi connectivity index (χ4v) is 1.84. The molecule has 0 heterocycles. The van der Waals surface area contributed by atoms with Crippen LogP contribution in [0.15, 0.2) is 0 Å². The maximum atomic E-state index is 5.86. The lowest BCUT2D eigenvalue weighted by molar-refractivity contribution is 0.0358. The fourth-order valence-electron chi connectivity index (χ4n) is 1.84. The van der Waals surface area contributed by atoms with Crippen molar-refractivity contribution in [2.45, 2.75) is 78.9 Å². The second-order valence-electron chi connectivity index (χ2n) is 6.36. The van der Waals surface area contributed by atoms with Crippen LogP contribution in [0.3, 0.4) is 0 Å². The van der Waals surface area contributed by atoms with Gasteiger partial charge in [0.25, 0.3) is 0 Å². The Bertz CT molecular complexity index is 174. The van der Waals surface area contributed by atoms with Crippen molar-refractivity contribution in [3.05, 3.63) is 0 Å². The van der Waals surface area contributed by atoms with Crippen LogP contribution in [0.25, 0.3) is 0 Å². The molecule has 0 aliphatic carbocycles. The molecule has 2 heteroatoms. The summed E-state index contributed by atoms with van der Waals surface area (Å²) in [6, 6.07) is 0. The third kappa shape index (κ3) is 12.2. The van der Waals surface area contributed by atoms with Crippen molar-refractivity contribution >= 4 is 0 Å². The van der Waals surface area contributed by atoms with Gasteiger partial charge in [-0.2, -0.15) is 0 Å². The Morgan fingerprint density at radius 2 is 1.76 bits per heavy atom. The van der Waals surface area contributed by atoms with E-state index in [-0.39, 0.29) is 5.54 Å². The van der Waals surface area contributed by atoms with E-state index in [1.807, 2.05) is 0 Å². The molecule has 17 heavy (non-hydrogen) atoms. The minimum atomic E-state index is 0.236. The van der Waals surface area contributed by atoms with Gasteiger partial charge >= 0.3 is 0 Å². The van der Waals surface area contributed by atoms with E-state index in [0.29, 0.717) is 12.0 Å². The zero-order valence-corrected chi connectivity index (χ0v) is 12.8. The summed E-state index contributed by atoms with van der Waals surface area (Å²) < 4.78 is 5.86. The minimum absolute atomic E-state index is 0.236. The zero-order chi connectivity index (χ0) is 13.3. The van der Waals surface area contributed by atoms with Crippen LogP contribution < -0.4 is 5.32 Å². The summed E-state index contributed by atoms with van der Waals surface area (Å²) in [6.07, 6.45) is 5.28. The van der Waals surface area contributed by atoms with E-state index in [2.05, 4.69) is 46.9 Å². The van der Waals surface area contributed by atoms with Crippen LogP contribution in [0.4, 0.5) is 0 Å². The maximum absolute atomic E-state index is 5.86. The molecule has 0 radical (unpaired) electrons. The smallest absolute Gasteiger partial charge is 0.0547 e. The molecular formula is C15H33NO. The first-order valence-corrected chi connectivity index (χ1v) is 7.21. The van der Waals surface area contributed by atoms with E-state index in [1.165, 1.54) is 19.3 Å². The fraction of sp³-hybridized carbons (Fsp3) is 1.00. The Labute approximate surface area is 109 Å². The predicted molar refractivity (Wildman–Crippen MR) is 76.5 cm³/mol. The highest BCUT2D eigenvalue weighted by Crippen LogP contribution is 2.09. The average molecular weight is 243 g/mol. The van der Waals surface area contributed by atoms with Crippen molar-refractivity contribution in [1.29, 1.82) is 0 Å². The molecule has 1 N–H and O–H groups in total. The number of hydrogen-bond acceptors (Lipinski definition) is 2. The predicted octanol–water partition coefficient (Wildman–Crippen LogP) is 4.00. The summed E-state index contributed by atoms with van der Waals surface area (Å²) in [4.78, 5) is 0. The Morgan fingerprint density at radius 1 is 1.12 bits per heavy atom. The normalized spacial score (nSPS) is 15.9. The summed E-state index contributed by atoms with van der Waals surface area (Å²) in [7, 11) is 0. The molecule has 0 saturated carbocycles. The molecule has 0 aromatic rings. The third-order valence-electron chi connectivity index (χ3n) is 2.89. The zero-order valence-electron chi connectivity index (χ0n) is 12.8. The van der Waals surface area contributed by atoms with E-state index < -0.39 is 0 Å². The molecule has 0 aliphatic rings. The monoisotopic (exact) mass is 243 g/mol. The SMILES string of the molecule is CCCC(C)COC(C)CCCNC(C)(C)C. The van der Waals surface area contributed by atoms with Gasteiger partial charge in [0, 0.05) is 12.1 Å². The quantitative estimate of drug-likeness (QED) is 0.618. The summed E-state index contributed by atoms with van der Waals surface area (Å²) in [5.41, 5.74) is 0.236. The van der Waals surface area contributed by atoms with E-state index in [1.54, 1.807) is 0 Å². The molecule has 104 valence electrons. The summed E-state index contributed by atoms with van der Waals surface area (Å²) >= 11 is 0. The Morgan fingerprint density at radius 3 is 2.29 bits per heavy atom. The highest BCUT2D eigenvalue weighted by atomic mass is 16.5. The molecule has 0 saturated heterocycles. The third-order valence-corrected chi connectivity index (χ3v) is 2.89. The molecule has 0 amide bonds. The molecule has 0 spiro atoms. The molecule has 2 atom stereocenters. The number of hydrogen-bond donors (Lipinski definition) is 1. The lowest BCUT2D eigenvalue weighted by atomic mass is 10.1. The van der Waals surface area contributed by atoms with Crippen molar-refractivity contribution in [2.75, 3.05) is 13.2 Å². The minimum Gasteiger partial charge on any atom is -0.378 e. The van der Waals surface area contributed by atoms with E-state index in [4.69, 9.17) is 4.74 Å². The Hall–Kier alpha value is -0.0800. The van der Waals surface area contributed by atoms with Gasteiger partial charge in [-0.25, -0.2) is 0 Å². The highest BCUT2D eigenvalue weighted by molar-refractivity contribution is 4.70. The highest BCUT2D eigenvalue weighted by Gasteiger charge is 2.09. The van der Waals surface area contributed by atoms with E-state index >= 15 is 0 Å². The van der Waals surface area contributed by atoms with Crippen LogP contribution in [0.1, 0.15) is 67.2 Å². The molecule has 0 bridgehead atoms. The van der Waals surface area contributed by atoms with Gasteiger partial charge in [-0.3, -0.25) is 0 Å². The summed E-state index contributed by atoms with van der Waals surface area (Å²) in [5, 5.41) is 3.51. The lowest BCUT2D eigenvalue weighted by Crippen LogP contribution is -2.36. The van der Waals surface area contributed by atoms with Crippen molar-refractivity contribution in [3.63, 3.8) is 0 Å². The van der Waals surface area contributed by atoms with E-state index in [9.17, 15) is 0 Å². The van der Waals surface area contributed by atoms with Crippen molar-refractivity contribution < 1.29 is 4.74 Å². The first-order chi connectivity index (χ1) is 7.85. The molecule has 2 nitrogen and oxygen atoms in total. The van der Waals surface area contributed by atoms with E-state index in [0.717, 1.165) is 19.6 Å². The van der Waals surface area contributed by atoms with Gasteiger partial charge in [0.05, 0.1) is 6.10 Å². The second-order valence-corrected chi connectivity index (χ2v) is 6.36. The standard InChI is InChI=1S/C15H33NO/c1-7-9-13(2)12-17-14(3)10-8-11-16-15(4,5)6/h13-14,16H,7-12H2,1-6H3. The van der Waals surface area contributed by atoms with Gasteiger partial charge in [0.15, 0.2) is 0 Å². The van der Waals surface area contributed by atoms with Gasteiger partial charge < -0.3 is 10.1 Å². The van der Waals surface area contributed by atoms with Crippen LogP contribution in [0.2, 0.25) is 0 Å². The summed E-state index contributed by atoms with van der Waals surface area (Å²) in [5.74, 6) is 0.704. The van der Waals surface area contributed by atoms with Crippen LogP contribution in [0, 0.1) is 5.92 Å². The number of rotatable bonds is 9. The first-order valence-electron chi connectivity index (χ1n) is 7.21. The van der Waals surface area contributed by atoms with Gasteiger partial charge in [-0.05, 0) is 59.4 Å². The van der Waals surface area contributed by atoms with Crippen LogP contribution >= 0.6 is 0 Å². The second kappa shape index (κ2) is 8.93. The molecule has 0 aliphatic heterocycles. The Balaban J connectivity index is 3.43. The lowest BCUT2D eigenvalue weighted by Gasteiger charge is -2.21. The van der Waals surface area contributed by atoms with Gasteiger partial charge in [-0.15, -0.1) is 0 Å². The number of nitrogens with one attached hydrogen (secondary N) is 1. The maximum Gasteiger partial charge on any atom is 0.0547 e. The van der Waals surface area contributed by atoms with Gasteiger partial charge in [0.2, 0.25) is 0 Å². The molecule has 0 aromatic heterocycles. The first kappa shape index (κ1) is 16.9. The van der Waals surface area contributed by atoms with Crippen molar-refractivity contribution in [2.24, 2.45) is 5.92 Å². The molecule has 0 rings (SSSR count). The van der Waals surface area contributed by atoms with Crippen molar-refractivity contribution in [1.82, 2.24) is 5.32 Å². The number of ether oxygens (including phenoxy) is 1.